The number of nitrogens with two attached hydrogens (primary N) is 1. The molecule has 18 heavy (non-hydrogen) atoms. The Hall–Kier alpha value is -2.08. The topological polar surface area (TPSA) is 72.5 Å². The van der Waals surface area contributed by atoms with Crippen molar-refractivity contribution >= 4 is 22.3 Å². The van der Waals surface area contributed by atoms with Crippen LogP contribution >= 0.6 is 11.3 Å². The van der Waals surface area contributed by atoms with Crippen LogP contribution in [0.4, 0.5) is 9.39 Å². The largest absolute Gasteiger partial charge is 0.496 e. The van der Waals surface area contributed by atoms with Crippen LogP contribution in [0, 0.1) is 5.82 Å². The average Bonchev–Trinajstić information content (AvgIpc) is 2.71. The Labute approximate surface area is 106 Å². The molecular formula is C12H10FNO3S. The Kier molecular flexibility index (Phi) is 3.20. The summed E-state index contributed by atoms with van der Waals surface area (Å²) in [5.41, 5.74) is 6.33. The Morgan fingerprint density at radius 2 is 2.17 bits per heavy atom. The number of nitrogen functional groups attached to an aromatic ring is 1. The van der Waals surface area contributed by atoms with Crippen molar-refractivity contribution in [3.05, 3.63) is 35.0 Å². The van der Waals surface area contributed by atoms with Crippen LogP contribution in [0.5, 0.6) is 5.75 Å². The molecule has 0 fully saturated rings. The van der Waals surface area contributed by atoms with E-state index in [1.165, 1.54) is 25.3 Å². The molecule has 0 aliphatic rings. The molecule has 0 spiro atoms. The lowest BCUT2D eigenvalue weighted by molar-refractivity contribution is 0.0699. The van der Waals surface area contributed by atoms with Crippen molar-refractivity contribution in [2.24, 2.45) is 0 Å². The first-order valence-corrected chi connectivity index (χ1v) is 5.86. The number of ether oxygens (including phenoxy) is 1. The van der Waals surface area contributed by atoms with Crippen LogP contribution < -0.4 is 10.5 Å². The highest BCUT2D eigenvalue weighted by atomic mass is 32.1. The average molecular weight is 267 g/mol. The highest BCUT2D eigenvalue weighted by molar-refractivity contribution is 7.14. The van der Waals surface area contributed by atoms with Crippen molar-refractivity contribution in [1.82, 2.24) is 0 Å². The van der Waals surface area contributed by atoms with Gasteiger partial charge in [0.1, 0.15) is 22.1 Å². The van der Waals surface area contributed by atoms with E-state index in [-0.39, 0.29) is 10.6 Å². The molecule has 0 bridgehead atoms. The summed E-state index contributed by atoms with van der Waals surface area (Å²) in [7, 11) is 1.44. The van der Waals surface area contributed by atoms with Gasteiger partial charge in [-0.2, -0.15) is 0 Å². The van der Waals surface area contributed by atoms with Gasteiger partial charge < -0.3 is 15.6 Å². The highest BCUT2D eigenvalue weighted by Crippen LogP contribution is 2.38. The van der Waals surface area contributed by atoms with Gasteiger partial charge in [-0.15, -0.1) is 11.3 Å². The molecule has 1 aromatic carbocycles. The summed E-state index contributed by atoms with van der Waals surface area (Å²) in [5.74, 6) is -1.21. The number of hydrogen-bond acceptors (Lipinski definition) is 4. The number of aromatic carboxylic acids is 1. The van der Waals surface area contributed by atoms with Crippen molar-refractivity contribution in [3.8, 4) is 16.9 Å². The lowest BCUT2D eigenvalue weighted by Crippen LogP contribution is -2.01. The molecular weight excluding hydrogens is 257 g/mol. The van der Waals surface area contributed by atoms with Crippen LogP contribution in [0.3, 0.4) is 0 Å². The molecule has 0 aliphatic carbocycles. The second-order valence-electron chi connectivity index (χ2n) is 3.54. The zero-order chi connectivity index (χ0) is 13.3. The Bertz CT molecular complexity index is 609. The summed E-state index contributed by atoms with van der Waals surface area (Å²) < 4.78 is 18.4. The smallest absolute Gasteiger partial charge is 0.339 e. The number of benzene rings is 1. The summed E-state index contributed by atoms with van der Waals surface area (Å²) in [6.07, 6.45) is 0. The number of rotatable bonds is 3. The van der Waals surface area contributed by atoms with E-state index in [0.29, 0.717) is 16.9 Å². The van der Waals surface area contributed by atoms with Crippen molar-refractivity contribution < 1.29 is 19.0 Å². The first-order chi connectivity index (χ1) is 8.54. The molecule has 0 unspecified atom stereocenters. The third kappa shape index (κ3) is 2.02. The zero-order valence-electron chi connectivity index (χ0n) is 9.44. The van der Waals surface area contributed by atoms with E-state index in [4.69, 9.17) is 15.6 Å². The number of halogens is 1. The Morgan fingerprint density at radius 1 is 1.44 bits per heavy atom. The minimum atomic E-state index is -1.14. The van der Waals surface area contributed by atoms with Gasteiger partial charge in [0.2, 0.25) is 0 Å². The summed E-state index contributed by atoms with van der Waals surface area (Å²) in [6.45, 7) is 0. The molecule has 0 saturated heterocycles. The molecule has 0 saturated carbocycles. The number of carbonyl (C=O) groups is 1. The second-order valence-corrected chi connectivity index (χ2v) is 4.45. The molecule has 0 radical (unpaired) electrons. The number of hydrogen-bond donors (Lipinski definition) is 2. The maximum absolute atomic E-state index is 13.3. The fourth-order valence-electron chi connectivity index (χ4n) is 1.68. The number of carboxylic acid groups (broad SMARTS) is 1. The Balaban J connectivity index is 2.69. The predicted molar refractivity (Wildman–Crippen MR) is 67.6 cm³/mol. The first-order valence-electron chi connectivity index (χ1n) is 4.98. The van der Waals surface area contributed by atoms with Gasteiger partial charge in [0.05, 0.1) is 7.11 Å². The fourth-order valence-corrected chi connectivity index (χ4v) is 2.49. The van der Waals surface area contributed by atoms with Gasteiger partial charge in [-0.25, -0.2) is 9.18 Å². The first kappa shape index (κ1) is 12.4. The number of carboxylic acids is 1. The second kappa shape index (κ2) is 4.66. The SMILES string of the molecule is COc1ccc(F)cc1-c1csc(N)c1C(=O)O. The Morgan fingerprint density at radius 3 is 2.78 bits per heavy atom. The normalized spacial score (nSPS) is 10.3. The van der Waals surface area contributed by atoms with Crippen LogP contribution in [0.25, 0.3) is 11.1 Å². The fraction of sp³-hybridized carbons (Fsp3) is 0.0833. The lowest BCUT2D eigenvalue weighted by Gasteiger charge is -2.08. The maximum Gasteiger partial charge on any atom is 0.339 e. The van der Waals surface area contributed by atoms with Gasteiger partial charge in [-0.3, -0.25) is 0 Å². The van der Waals surface area contributed by atoms with Crippen LogP contribution in [0.1, 0.15) is 10.4 Å². The van der Waals surface area contributed by atoms with Gasteiger partial charge in [-0.1, -0.05) is 0 Å². The molecule has 1 aromatic heterocycles. The standard InChI is InChI=1S/C12H10FNO3S/c1-17-9-3-2-6(13)4-7(9)8-5-18-11(14)10(8)12(15)16/h2-5H,14H2,1H3,(H,15,16). The molecule has 2 aromatic rings. The minimum absolute atomic E-state index is 0.0242. The minimum Gasteiger partial charge on any atom is -0.496 e. The molecule has 0 amide bonds. The number of methoxy groups -OCH3 is 1. The molecule has 6 heteroatoms. The van der Waals surface area contributed by atoms with E-state index in [2.05, 4.69) is 0 Å². The van der Waals surface area contributed by atoms with Crippen LogP contribution in [0.15, 0.2) is 23.6 Å². The van der Waals surface area contributed by atoms with Gasteiger partial charge in [0.15, 0.2) is 0 Å². The van der Waals surface area contributed by atoms with Crippen LogP contribution in [-0.2, 0) is 0 Å². The highest BCUT2D eigenvalue weighted by Gasteiger charge is 2.20. The number of thiophene rings is 1. The monoisotopic (exact) mass is 267 g/mol. The maximum atomic E-state index is 13.3. The molecule has 2 rings (SSSR count). The van der Waals surface area contributed by atoms with Crippen molar-refractivity contribution in [2.75, 3.05) is 12.8 Å². The van der Waals surface area contributed by atoms with E-state index in [1.807, 2.05) is 0 Å². The van der Waals surface area contributed by atoms with E-state index in [9.17, 15) is 9.18 Å². The molecule has 94 valence electrons. The third-order valence-corrected chi connectivity index (χ3v) is 3.30. The van der Waals surface area contributed by atoms with Gasteiger partial charge in [0.25, 0.3) is 0 Å². The number of anilines is 1. The van der Waals surface area contributed by atoms with Gasteiger partial charge in [-0.05, 0) is 18.2 Å². The predicted octanol–water partition coefficient (Wildman–Crippen LogP) is 2.84. The molecule has 1 heterocycles. The lowest BCUT2D eigenvalue weighted by atomic mass is 10.0. The van der Waals surface area contributed by atoms with Crippen LogP contribution in [-0.4, -0.2) is 18.2 Å². The van der Waals surface area contributed by atoms with Crippen molar-refractivity contribution in [1.29, 1.82) is 0 Å². The van der Waals surface area contributed by atoms with E-state index in [0.717, 1.165) is 11.3 Å². The molecule has 3 N–H and O–H groups in total. The van der Waals surface area contributed by atoms with Gasteiger partial charge in [0, 0.05) is 16.5 Å². The summed E-state index contributed by atoms with van der Waals surface area (Å²) in [6, 6.07) is 3.93. The van der Waals surface area contributed by atoms with Crippen molar-refractivity contribution in [3.63, 3.8) is 0 Å². The summed E-state index contributed by atoms with van der Waals surface area (Å²) in [5, 5.41) is 10.9. The molecule has 0 atom stereocenters. The van der Waals surface area contributed by atoms with Crippen LogP contribution in [0.2, 0.25) is 0 Å². The molecule has 4 nitrogen and oxygen atoms in total. The quantitative estimate of drug-likeness (QED) is 0.896. The van der Waals surface area contributed by atoms with Crippen molar-refractivity contribution in [2.45, 2.75) is 0 Å². The van der Waals surface area contributed by atoms with E-state index < -0.39 is 11.8 Å². The summed E-state index contributed by atoms with van der Waals surface area (Å²) >= 11 is 1.10. The van der Waals surface area contributed by atoms with E-state index >= 15 is 0 Å². The summed E-state index contributed by atoms with van der Waals surface area (Å²) in [4.78, 5) is 11.2. The van der Waals surface area contributed by atoms with Gasteiger partial charge >= 0.3 is 5.97 Å². The molecule has 0 aliphatic heterocycles. The zero-order valence-corrected chi connectivity index (χ0v) is 10.3. The third-order valence-electron chi connectivity index (χ3n) is 2.49. The van der Waals surface area contributed by atoms with E-state index in [1.54, 1.807) is 5.38 Å².